The van der Waals surface area contributed by atoms with Crippen molar-refractivity contribution in [2.24, 2.45) is 11.0 Å². The molecule has 0 bridgehead atoms. The van der Waals surface area contributed by atoms with E-state index < -0.39 is 0 Å². The highest BCUT2D eigenvalue weighted by atomic mass is 35.5. The standard InChI is InChI=1S/C21H25ClN2O2/c1-2-23-24-14-12-17(13-15-24)21(26-18-8-4-3-5-9-18)16-25-20-11-7-6-10-19(20)22/h2-11,17,21H,12-16H2,1H3/b23-2+. The third-order valence-corrected chi connectivity index (χ3v) is 4.90. The summed E-state index contributed by atoms with van der Waals surface area (Å²) in [5.74, 6) is 1.99. The normalized spacial score (nSPS) is 16.6. The van der Waals surface area contributed by atoms with Crippen LogP contribution in [0.4, 0.5) is 0 Å². The molecule has 0 radical (unpaired) electrons. The van der Waals surface area contributed by atoms with E-state index in [1.807, 2.05) is 67.7 Å². The van der Waals surface area contributed by atoms with Gasteiger partial charge < -0.3 is 9.47 Å². The average Bonchev–Trinajstić information content (AvgIpc) is 2.68. The van der Waals surface area contributed by atoms with Crippen LogP contribution in [0.15, 0.2) is 59.7 Å². The molecule has 1 saturated heterocycles. The van der Waals surface area contributed by atoms with Crippen LogP contribution in [0.5, 0.6) is 11.5 Å². The van der Waals surface area contributed by atoms with E-state index in [1.54, 1.807) is 0 Å². The molecule has 0 aromatic heterocycles. The Kier molecular flexibility index (Phi) is 6.78. The van der Waals surface area contributed by atoms with Crippen LogP contribution in [-0.4, -0.2) is 37.0 Å². The quantitative estimate of drug-likeness (QED) is 0.649. The monoisotopic (exact) mass is 372 g/mol. The highest BCUT2D eigenvalue weighted by Crippen LogP contribution is 2.28. The lowest BCUT2D eigenvalue weighted by atomic mass is 9.92. The predicted octanol–water partition coefficient (Wildman–Crippen LogP) is 4.88. The van der Waals surface area contributed by atoms with Gasteiger partial charge in [0.2, 0.25) is 0 Å². The van der Waals surface area contributed by atoms with Crippen molar-refractivity contribution in [3.63, 3.8) is 0 Å². The number of hydrazone groups is 1. The maximum atomic E-state index is 6.29. The molecule has 0 N–H and O–H groups in total. The second kappa shape index (κ2) is 9.48. The van der Waals surface area contributed by atoms with Crippen LogP contribution in [0.1, 0.15) is 19.8 Å². The summed E-state index contributed by atoms with van der Waals surface area (Å²) in [6.07, 6.45) is 3.88. The van der Waals surface area contributed by atoms with E-state index in [1.165, 1.54) is 0 Å². The second-order valence-electron chi connectivity index (χ2n) is 6.38. The van der Waals surface area contributed by atoms with Crippen LogP contribution in [0.2, 0.25) is 5.02 Å². The van der Waals surface area contributed by atoms with Gasteiger partial charge in [0.25, 0.3) is 0 Å². The van der Waals surface area contributed by atoms with Crippen molar-refractivity contribution in [3.05, 3.63) is 59.6 Å². The van der Waals surface area contributed by atoms with Gasteiger partial charge in [-0.1, -0.05) is 41.9 Å². The minimum atomic E-state index is -0.0265. The molecule has 1 aliphatic rings. The first kappa shape index (κ1) is 18.6. The van der Waals surface area contributed by atoms with Crippen LogP contribution < -0.4 is 9.47 Å². The molecule has 4 nitrogen and oxygen atoms in total. The largest absolute Gasteiger partial charge is 0.488 e. The number of hydrogen-bond acceptors (Lipinski definition) is 4. The van der Waals surface area contributed by atoms with Gasteiger partial charge in [0.1, 0.15) is 24.2 Å². The van der Waals surface area contributed by atoms with Crippen molar-refractivity contribution >= 4 is 17.8 Å². The molecule has 1 unspecified atom stereocenters. The first-order valence-electron chi connectivity index (χ1n) is 9.09. The Morgan fingerprint density at radius 1 is 1.12 bits per heavy atom. The van der Waals surface area contributed by atoms with E-state index in [-0.39, 0.29) is 6.10 Å². The van der Waals surface area contributed by atoms with Crippen LogP contribution >= 0.6 is 11.6 Å². The Hall–Kier alpha value is -2.20. The van der Waals surface area contributed by atoms with Crippen molar-refractivity contribution in [3.8, 4) is 11.5 Å². The lowest BCUT2D eigenvalue weighted by molar-refractivity contribution is 0.0435. The van der Waals surface area contributed by atoms with E-state index in [4.69, 9.17) is 21.1 Å². The average molecular weight is 373 g/mol. The van der Waals surface area contributed by atoms with Crippen molar-refractivity contribution in [1.82, 2.24) is 5.01 Å². The van der Waals surface area contributed by atoms with E-state index >= 15 is 0 Å². The van der Waals surface area contributed by atoms with Crippen LogP contribution in [-0.2, 0) is 0 Å². The smallest absolute Gasteiger partial charge is 0.138 e. The molecule has 1 atom stereocenters. The summed E-state index contributed by atoms with van der Waals surface area (Å²) in [5, 5.41) is 7.12. The third-order valence-electron chi connectivity index (χ3n) is 4.59. The lowest BCUT2D eigenvalue weighted by Gasteiger charge is -2.34. The predicted molar refractivity (Wildman–Crippen MR) is 106 cm³/mol. The van der Waals surface area contributed by atoms with Gasteiger partial charge in [-0.2, -0.15) is 5.10 Å². The minimum Gasteiger partial charge on any atom is -0.488 e. The Labute approximate surface area is 160 Å². The molecule has 0 aliphatic carbocycles. The topological polar surface area (TPSA) is 34.1 Å². The summed E-state index contributed by atoms with van der Waals surface area (Å²) < 4.78 is 12.3. The fourth-order valence-corrected chi connectivity index (χ4v) is 3.40. The number of rotatable bonds is 7. The van der Waals surface area contributed by atoms with E-state index in [2.05, 4.69) is 10.1 Å². The van der Waals surface area contributed by atoms with Crippen LogP contribution in [0.25, 0.3) is 0 Å². The molecular weight excluding hydrogens is 348 g/mol. The highest BCUT2D eigenvalue weighted by molar-refractivity contribution is 6.32. The third kappa shape index (κ3) is 5.15. The summed E-state index contributed by atoms with van der Waals surface area (Å²) in [7, 11) is 0. The van der Waals surface area contributed by atoms with Crippen molar-refractivity contribution < 1.29 is 9.47 Å². The Morgan fingerprint density at radius 2 is 1.81 bits per heavy atom. The molecule has 3 rings (SSSR count). The SMILES string of the molecule is C/C=N/N1CCC(C(COc2ccccc2Cl)Oc2ccccc2)CC1. The molecular formula is C21H25ClN2O2. The van der Waals surface area contributed by atoms with E-state index in [0.717, 1.165) is 31.7 Å². The summed E-state index contributed by atoms with van der Waals surface area (Å²) in [5.41, 5.74) is 0. The fraction of sp³-hybridized carbons (Fsp3) is 0.381. The highest BCUT2D eigenvalue weighted by Gasteiger charge is 2.28. The first-order valence-corrected chi connectivity index (χ1v) is 9.46. The fourth-order valence-electron chi connectivity index (χ4n) is 3.21. The molecule has 0 amide bonds. The number of ether oxygens (including phenoxy) is 2. The number of benzene rings is 2. The molecule has 1 aliphatic heterocycles. The van der Waals surface area contributed by atoms with Crippen LogP contribution in [0, 0.1) is 5.92 Å². The van der Waals surface area contributed by atoms with Gasteiger partial charge in [-0.25, -0.2) is 0 Å². The zero-order chi connectivity index (χ0) is 18.2. The number of hydrogen-bond donors (Lipinski definition) is 0. The molecule has 5 heteroatoms. The summed E-state index contributed by atoms with van der Waals surface area (Å²) >= 11 is 6.22. The van der Waals surface area contributed by atoms with Gasteiger partial charge >= 0.3 is 0 Å². The Bertz CT molecular complexity index is 700. The maximum absolute atomic E-state index is 6.29. The number of para-hydroxylation sites is 2. The second-order valence-corrected chi connectivity index (χ2v) is 6.78. The number of piperidine rings is 1. The first-order chi connectivity index (χ1) is 12.8. The van der Waals surface area contributed by atoms with Gasteiger partial charge in [0, 0.05) is 25.2 Å². The molecule has 1 fully saturated rings. The minimum absolute atomic E-state index is 0.0265. The van der Waals surface area contributed by atoms with Crippen molar-refractivity contribution in [2.75, 3.05) is 19.7 Å². The molecule has 2 aromatic carbocycles. The summed E-state index contributed by atoms with van der Waals surface area (Å²) in [6, 6.07) is 17.5. The molecule has 1 heterocycles. The van der Waals surface area contributed by atoms with Gasteiger partial charge in [0.15, 0.2) is 0 Å². The summed E-state index contributed by atoms with van der Waals surface area (Å²) in [6.45, 7) is 4.30. The van der Waals surface area contributed by atoms with Crippen molar-refractivity contribution in [2.45, 2.75) is 25.9 Å². The Balaban J connectivity index is 1.66. The van der Waals surface area contributed by atoms with Crippen LogP contribution in [0.3, 0.4) is 0 Å². The summed E-state index contributed by atoms with van der Waals surface area (Å²) in [4.78, 5) is 0. The molecule has 0 saturated carbocycles. The van der Waals surface area contributed by atoms with Gasteiger partial charge in [0.05, 0.1) is 5.02 Å². The Morgan fingerprint density at radius 3 is 2.50 bits per heavy atom. The van der Waals surface area contributed by atoms with Gasteiger partial charge in [-0.3, -0.25) is 5.01 Å². The van der Waals surface area contributed by atoms with E-state index in [9.17, 15) is 0 Å². The van der Waals surface area contributed by atoms with Crippen molar-refractivity contribution in [1.29, 1.82) is 0 Å². The van der Waals surface area contributed by atoms with Gasteiger partial charge in [-0.15, -0.1) is 0 Å². The number of halogens is 1. The van der Waals surface area contributed by atoms with E-state index in [0.29, 0.717) is 23.3 Å². The maximum Gasteiger partial charge on any atom is 0.138 e. The number of nitrogens with zero attached hydrogens (tertiary/aromatic N) is 2. The zero-order valence-electron chi connectivity index (χ0n) is 15.1. The lowest BCUT2D eigenvalue weighted by Crippen LogP contribution is -2.40. The molecule has 0 spiro atoms. The zero-order valence-corrected chi connectivity index (χ0v) is 15.8. The van der Waals surface area contributed by atoms with Gasteiger partial charge in [-0.05, 0) is 44.0 Å². The molecule has 2 aromatic rings. The molecule has 138 valence electrons. The molecule has 26 heavy (non-hydrogen) atoms.